The van der Waals surface area contributed by atoms with Crippen molar-refractivity contribution in [1.29, 1.82) is 0 Å². The zero-order valence-corrected chi connectivity index (χ0v) is 13.3. The van der Waals surface area contributed by atoms with Crippen molar-refractivity contribution in [3.8, 4) is 5.82 Å². The first-order valence-corrected chi connectivity index (χ1v) is 7.08. The van der Waals surface area contributed by atoms with Gasteiger partial charge in [-0.15, -0.1) is 5.10 Å². The molecule has 0 radical (unpaired) electrons. The molecule has 0 atom stereocenters. The van der Waals surface area contributed by atoms with E-state index in [0.717, 1.165) is 0 Å². The van der Waals surface area contributed by atoms with Gasteiger partial charge in [-0.2, -0.15) is 9.78 Å². The number of hydrogen-bond donors (Lipinski definition) is 2. The smallest absolute Gasteiger partial charge is 0.293 e. The quantitative estimate of drug-likeness (QED) is 0.528. The Morgan fingerprint density at radius 2 is 2.04 bits per heavy atom. The molecule has 0 unspecified atom stereocenters. The van der Waals surface area contributed by atoms with Gasteiger partial charge in [-0.25, -0.2) is 14.4 Å². The van der Waals surface area contributed by atoms with E-state index in [4.69, 9.17) is 5.73 Å². The molecule has 2 aromatic heterocycles. The maximum atomic E-state index is 12.9. The van der Waals surface area contributed by atoms with Crippen molar-refractivity contribution in [2.75, 3.05) is 5.73 Å². The highest BCUT2D eigenvalue weighted by Gasteiger charge is 2.20. The van der Waals surface area contributed by atoms with Gasteiger partial charge >= 0.3 is 0 Å². The molecular weight excluding hydrogens is 331 g/mol. The van der Waals surface area contributed by atoms with Crippen LogP contribution in [-0.4, -0.2) is 36.9 Å². The number of carbonyl (C=O) groups is 1. The molecule has 0 aliphatic rings. The largest absolute Gasteiger partial charge is 0.378 e. The number of hydrogen-bond acceptors (Lipinski definition) is 8. The number of halogens is 1. The fraction of sp³-hybridized carbons (Fsp3) is 0.143. The molecule has 25 heavy (non-hydrogen) atoms. The number of aromatic nitrogens is 5. The first-order valence-electron chi connectivity index (χ1n) is 7.08. The van der Waals surface area contributed by atoms with Crippen LogP contribution in [0, 0.1) is 12.7 Å². The van der Waals surface area contributed by atoms with Crippen LogP contribution in [0.5, 0.6) is 0 Å². The van der Waals surface area contributed by atoms with Crippen molar-refractivity contribution < 1.29 is 13.8 Å². The monoisotopic (exact) mass is 344 g/mol. The maximum absolute atomic E-state index is 12.9. The molecule has 3 N–H and O–H groups in total. The van der Waals surface area contributed by atoms with Gasteiger partial charge in [0.05, 0.1) is 11.4 Å². The Morgan fingerprint density at radius 1 is 1.32 bits per heavy atom. The molecule has 0 aliphatic heterocycles. The fourth-order valence-corrected chi connectivity index (χ4v) is 2.02. The number of hydrazone groups is 1. The molecule has 2 heterocycles. The summed E-state index contributed by atoms with van der Waals surface area (Å²) in [6.45, 7) is 3.29. The van der Waals surface area contributed by atoms with Crippen LogP contribution in [-0.2, 0) is 0 Å². The Labute approximate surface area is 140 Å². The number of amides is 1. The second kappa shape index (κ2) is 6.47. The molecule has 3 aromatic rings. The molecule has 1 aromatic carbocycles. The summed E-state index contributed by atoms with van der Waals surface area (Å²) in [5.74, 6) is -0.769. The summed E-state index contributed by atoms with van der Waals surface area (Å²) in [6.07, 6.45) is 0. The third-order valence-electron chi connectivity index (χ3n) is 3.39. The Balaban J connectivity index is 1.78. The van der Waals surface area contributed by atoms with Gasteiger partial charge in [0, 0.05) is 0 Å². The first kappa shape index (κ1) is 16.2. The van der Waals surface area contributed by atoms with E-state index >= 15 is 0 Å². The van der Waals surface area contributed by atoms with Gasteiger partial charge < -0.3 is 5.73 Å². The lowest BCUT2D eigenvalue weighted by molar-refractivity contribution is 0.0949. The fourth-order valence-electron chi connectivity index (χ4n) is 2.02. The third-order valence-corrected chi connectivity index (χ3v) is 3.39. The van der Waals surface area contributed by atoms with Crippen LogP contribution >= 0.6 is 0 Å². The van der Waals surface area contributed by atoms with E-state index in [1.165, 1.54) is 16.8 Å². The average Bonchev–Trinajstić information content (AvgIpc) is 3.18. The van der Waals surface area contributed by atoms with E-state index in [9.17, 15) is 9.18 Å². The SMILES string of the molecule is CC(=NNC(=O)c1nnn(-c2nonc2N)c1C)c1ccc(F)cc1. The standard InChI is InChI=1S/C14H13FN8O2/c1-7(9-3-5-10(15)6-4-9)17-19-14(24)11-8(2)23(22-18-11)13-12(16)20-25-21-13/h3-6H,1-2H3,(H2,16,20)(H,19,24). The molecule has 1 amide bonds. The summed E-state index contributed by atoms with van der Waals surface area (Å²) in [5.41, 5.74) is 9.57. The zero-order valence-electron chi connectivity index (χ0n) is 13.3. The Kier molecular flexibility index (Phi) is 4.20. The number of benzene rings is 1. The molecule has 3 rings (SSSR count). The molecule has 0 saturated carbocycles. The van der Waals surface area contributed by atoms with Crippen molar-refractivity contribution in [2.45, 2.75) is 13.8 Å². The molecule has 11 heteroatoms. The summed E-state index contributed by atoms with van der Waals surface area (Å²) < 4.78 is 18.7. The summed E-state index contributed by atoms with van der Waals surface area (Å²) in [5, 5.41) is 18.6. The Bertz CT molecular complexity index is 944. The molecule has 0 aliphatic carbocycles. The molecular formula is C14H13FN8O2. The lowest BCUT2D eigenvalue weighted by Crippen LogP contribution is -2.21. The number of nitrogens with one attached hydrogen (secondary N) is 1. The number of nitrogen functional groups attached to an aromatic ring is 1. The second-order valence-electron chi connectivity index (χ2n) is 5.05. The number of nitrogens with zero attached hydrogens (tertiary/aromatic N) is 6. The van der Waals surface area contributed by atoms with Crippen LogP contribution in [0.4, 0.5) is 10.2 Å². The van der Waals surface area contributed by atoms with Crippen LogP contribution in [0.3, 0.4) is 0 Å². The first-order chi connectivity index (χ1) is 12.0. The third kappa shape index (κ3) is 3.20. The molecule has 0 fully saturated rings. The van der Waals surface area contributed by atoms with Gasteiger partial charge in [-0.05, 0) is 41.9 Å². The predicted octanol–water partition coefficient (Wildman–Crippen LogP) is 0.834. The van der Waals surface area contributed by atoms with Gasteiger partial charge in [-0.1, -0.05) is 17.3 Å². The van der Waals surface area contributed by atoms with Crippen molar-refractivity contribution in [2.24, 2.45) is 5.10 Å². The lowest BCUT2D eigenvalue weighted by Gasteiger charge is -2.02. The van der Waals surface area contributed by atoms with Crippen LogP contribution in [0.15, 0.2) is 34.0 Å². The van der Waals surface area contributed by atoms with E-state index in [1.54, 1.807) is 26.0 Å². The normalized spacial score (nSPS) is 11.6. The molecule has 0 saturated heterocycles. The second-order valence-corrected chi connectivity index (χ2v) is 5.05. The number of carbonyl (C=O) groups excluding carboxylic acids is 1. The number of rotatable bonds is 4. The van der Waals surface area contributed by atoms with E-state index in [2.05, 4.69) is 35.8 Å². The van der Waals surface area contributed by atoms with Gasteiger partial charge in [0.15, 0.2) is 5.69 Å². The highest BCUT2D eigenvalue weighted by atomic mass is 19.1. The highest BCUT2D eigenvalue weighted by molar-refractivity contribution is 6.00. The molecule has 0 bridgehead atoms. The minimum Gasteiger partial charge on any atom is -0.378 e. The number of nitrogens with two attached hydrogens (primary N) is 1. The summed E-state index contributed by atoms with van der Waals surface area (Å²) in [7, 11) is 0. The average molecular weight is 344 g/mol. The Hall–Kier alpha value is -3.63. The van der Waals surface area contributed by atoms with Crippen LogP contribution < -0.4 is 11.2 Å². The van der Waals surface area contributed by atoms with Crippen LogP contribution in [0.1, 0.15) is 28.7 Å². The predicted molar refractivity (Wildman–Crippen MR) is 84.4 cm³/mol. The minimum absolute atomic E-state index is 0.0186. The maximum Gasteiger partial charge on any atom is 0.293 e. The summed E-state index contributed by atoms with van der Waals surface area (Å²) in [4.78, 5) is 12.2. The summed E-state index contributed by atoms with van der Waals surface area (Å²) in [6, 6.07) is 5.73. The molecule has 128 valence electrons. The van der Waals surface area contributed by atoms with Gasteiger partial charge in [-0.3, -0.25) is 4.79 Å². The van der Waals surface area contributed by atoms with Crippen molar-refractivity contribution in [3.63, 3.8) is 0 Å². The molecule has 0 spiro atoms. The van der Waals surface area contributed by atoms with Crippen LogP contribution in [0.2, 0.25) is 0 Å². The number of anilines is 1. The van der Waals surface area contributed by atoms with E-state index in [0.29, 0.717) is 17.0 Å². The Morgan fingerprint density at radius 3 is 2.68 bits per heavy atom. The van der Waals surface area contributed by atoms with Gasteiger partial charge in [0.25, 0.3) is 5.91 Å². The summed E-state index contributed by atoms with van der Waals surface area (Å²) >= 11 is 0. The van der Waals surface area contributed by atoms with Gasteiger partial charge in [0.1, 0.15) is 5.82 Å². The minimum atomic E-state index is -0.569. The zero-order chi connectivity index (χ0) is 18.0. The topological polar surface area (TPSA) is 137 Å². The lowest BCUT2D eigenvalue weighted by atomic mass is 10.1. The molecule has 10 nitrogen and oxygen atoms in total. The van der Waals surface area contributed by atoms with Gasteiger partial charge in [0.2, 0.25) is 11.6 Å². The van der Waals surface area contributed by atoms with E-state index in [1.807, 2.05) is 0 Å². The van der Waals surface area contributed by atoms with Crippen molar-refractivity contribution in [1.82, 2.24) is 30.7 Å². The van der Waals surface area contributed by atoms with Crippen molar-refractivity contribution >= 4 is 17.4 Å². The van der Waals surface area contributed by atoms with E-state index < -0.39 is 5.91 Å². The van der Waals surface area contributed by atoms with Crippen LogP contribution in [0.25, 0.3) is 5.82 Å². The van der Waals surface area contributed by atoms with E-state index in [-0.39, 0.29) is 23.1 Å². The van der Waals surface area contributed by atoms with Crippen molar-refractivity contribution in [3.05, 3.63) is 47.0 Å². The highest BCUT2D eigenvalue weighted by Crippen LogP contribution is 2.14.